The van der Waals surface area contributed by atoms with Crippen molar-refractivity contribution in [2.24, 2.45) is 35.3 Å². The van der Waals surface area contributed by atoms with Crippen molar-refractivity contribution in [1.29, 1.82) is 0 Å². The second-order valence-corrected chi connectivity index (χ2v) is 18.8. The first-order chi connectivity index (χ1) is 31.0. The number of primary amides is 1. The molecule has 0 radical (unpaired) electrons. The van der Waals surface area contributed by atoms with Crippen molar-refractivity contribution in [3.05, 3.63) is 24.0 Å². The lowest BCUT2D eigenvalue weighted by Crippen LogP contribution is -2.62. The number of carbonyl (C=O) groups is 9. The Hall–Kier alpha value is -5.49. The SMILES string of the molecule is CCC(C)C(=O)N[C@@H](CCC(N)=O)C(=O)N[C@@H]1C(=O)NC(CC(C)C)C(=O)N2CCCC2C(=O)NC(C(C)CC)C(=O)N(C)C(CC2C=CC(O)=CC2)C(=O)N[C@@H](C(C)CC)C(=O)O[C@@H]1C. The van der Waals surface area contributed by atoms with Gasteiger partial charge >= 0.3 is 5.97 Å². The van der Waals surface area contributed by atoms with E-state index in [1.165, 1.54) is 29.8 Å². The Morgan fingerprint density at radius 1 is 0.879 bits per heavy atom. The molecule has 3 rings (SSSR count). The number of nitrogens with zero attached hydrogens (tertiary/aromatic N) is 2. The fourth-order valence-corrected chi connectivity index (χ4v) is 8.27. The number of cyclic esters (lactones) is 1. The topological polar surface area (TPSA) is 276 Å². The molecule has 8 amide bonds. The Balaban J connectivity index is 2.22. The van der Waals surface area contributed by atoms with Gasteiger partial charge in [-0.25, -0.2) is 4.79 Å². The second-order valence-electron chi connectivity index (χ2n) is 18.8. The molecular weight excluding hydrogens is 853 g/mol. The summed E-state index contributed by atoms with van der Waals surface area (Å²) in [7, 11) is 1.46. The van der Waals surface area contributed by atoms with E-state index in [-0.39, 0.29) is 56.2 Å². The summed E-state index contributed by atoms with van der Waals surface area (Å²) in [5, 5.41) is 23.8. The number of hydrogen-bond donors (Lipinski definition) is 7. The predicted molar refractivity (Wildman–Crippen MR) is 245 cm³/mol. The molecule has 0 aromatic heterocycles. The number of nitrogens with one attached hydrogen (secondary N) is 5. The lowest BCUT2D eigenvalue weighted by atomic mass is 9.90. The fraction of sp³-hybridized carbons (Fsp3) is 0.723. The maximum atomic E-state index is 14.6. The van der Waals surface area contributed by atoms with Gasteiger partial charge in [-0.1, -0.05) is 74.3 Å². The molecule has 3 aliphatic rings. The summed E-state index contributed by atoms with van der Waals surface area (Å²) in [4.78, 5) is 129. The van der Waals surface area contributed by atoms with E-state index in [4.69, 9.17) is 10.5 Å². The van der Waals surface area contributed by atoms with Crippen molar-refractivity contribution in [2.75, 3.05) is 13.6 Å². The highest BCUT2D eigenvalue weighted by atomic mass is 16.5. The van der Waals surface area contributed by atoms with Gasteiger partial charge in [0.05, 0.1) is 0 Å². The van der Waals surface area contributed by atoms with Crippen LogP contribution >= 0.6 is 0 Å². The number of amides is 8. The van der Waals surface area contributed by atoms with Crippen molar-refractivity contribution in [3.8, 4) is 0 Å². The van der Waals surface area contributed by atoms with Crippen LogP contribution in [-0.4, -0.2) is 130 Å². The molecule has 370 valence electrons. The molecule has 0 aromatic carbocycles. The van der Waals surface area contributed by atoms with Crippen LogP contribution in [0.25, 0.3) is 0 Å². The molecule has 0 aromatic rings. The molecule has 0 spiro atoms. The van der Waals surface area contributed by atoms with Crippen LogP contribution in [0.1, 0.15) is 127 Å². The molecular formula is C47H76N8O11. The van der Waals surface area contributed by atoms with E-state index >= 15 is 0 Å². The van der Waals surface area contributed by atoms with Gasteiger partial charge in [0, 0.05) is 25.9 Å². The van der Waals surface area contributed by atoms with Crippen LogP contribution in [0.5, 0.6) is 0 Å². The molecule has 0 saturated carbocycles. The van der Waals surface area contributed by atoms with Crippen molar-refractivity contribution in [2.45, 2.75) is 175 Å². The van der Waals surface area contributed by atoms with Crippen LogP contribution in [0, 0.1) is 29.6 Å². The second kappa shape index (κ2) is 25.4. The predicted octanol–water partition coefficient (Wildman–Crippen LogP) is 2.03. The number of aliphatic hydroxyl groups excluding tert-OH is 1. The molecule has 19 nitrogen and oxygen atoms in total. The van der Waals surface area contributed by atoms with Gasteiger partial charge in [-0.15, -0.1) is 0 Å². The molecule has 19 heteroatoms. The van der Waals surface area contributed by atoms with E-state index in [9.17, 15) is 48.3 Å². The van der Waals surface area contributed by atoms with E-state index < -0.39 is 119 Å². The Labute approximate surface area is 389 Å². The number of carbonyl (C=O) groups excluding carboxylic acids is 9. The minimum Gasteiger partial charge on any atom is -0.508 e. The van der Waals surface area contributed by atoms with Crippen LogP contribution in [0.4, 0.5) is 0 Å². The van der Waals surface area contributed by atoms with Gasteiger partial charge in [0.1, 0.15) is 54.2 Å². The number of aliphatic hydroxyl groups is 1. The zero-order valence-electron chi connectivity index (χ0n) is 40.5. The molecule has 0 bridgehead atoms. The van der Waals surface area contributed by atoms with Crippen LogP contribution in [-0.2, 0) is 47.9 Å². The van der Waals surface area contributed by atoms with Crippen LogP contribution in [0.3, 0.4) is 0 Å². The quantitative estimate of drug-likeness (QED) is 0.110. The number of allylic oxidation sites excluding steroid dienone is 3. The largest absolute Gasteiger partial charge is 0.508 e. The third kappa shape index (κ3) is 15.0. The van der Waals surface area contributed by atoms with Gasteiger partial charge in [0.15, 0.2) is 0 Å². The van der Waals surface area contributed by atoms with Crippen molar-refractivity contribution in [3.63, 3.8) is 0 Å². The normalized spacial score (nSPS) is 28.0. The standard InChI is InChI=1S/C47H76N8O11/c1-11-26(6)37-46(64)54(10)35(24-30-16-18-31(56)19-17-30)43(61)52-38(27(7)12-2)47(65)66-29(9)39(53-41(59)32(20-21-36(48)57)49-40(58)28(8)13-3)44(62)50-33(23-25(4)5)45(63)55-22-14-15-34(55)42(60)51-37/h16,18-19,25-30,32-35,37-39,56H,11-15,17,20-24H2,1-10H3,(H2,48,57)(H,49,58)(H,50,62)(H,51,60)(H,52,61)(H,53,59)/t26?,27?,28?,29-,30?,32+,33?,34?,35?,37?,38+,39+/m1/s1. The summed E-state index contributed by atoms with van der Waals surface area (Å²) in [6.45, 7) is 15.8. The summed E-state index contributed by atoms with van der Waals surface area (Å²) in [5.74, 6) is -8.26. The summed E-state index contributed by atoms with van der Waals surface area (Å²) >= 11 is 0. The van der Waals surface area contributed by atoms with Gasteiger partial charge in [-0.2, -0.15) is 0 Å². The van der Waals surface area contributed by atoms with Crippen LogP contribution in [0.15, 0.2) is 24.0 Å². The van der Waals surface area contributed by atoms with Crippen LogP contribution in [0.2, 0.25) is 0 Å². The molecule has 1 aliphatic carbocycles. The highest BCUT2D eigenvalue weighted by Crippen LogP contribution is 2.26. The van der Waals surface area contributed by atoms with Gasteiger partial charge in [0.25, 0.3) is 0 Å². The molecule has 12 atom stereocenters. The average Bonchev–Trinajstić information content (AvgIpc) is 3.78. The Morgan fingerprint density at radius 2 is 1.52 bits per heavy atom. The van der Waals surface area contributed by atoms with Crippen molar-refractivity contribution in [1.82, 2.24) is 36.4 Å². The lowest BCUT2D eigenvalue weighted by Gasteiger charge is -2.36. The molecule has 2 saturated heterocycles. The molecule has 8 N–H and O–H groups in total. The summed E-state index contributed by atoms with van der Waals surface area (Å²) in [5.41, 5.74) is 5.41. The first kappa shape index (κ1) is 54.8. The van der Waals surface area contributed by atoms with E-state index in [0.29, 0.717) is 32.1 Å². The molecule has 2 fully saturated rings. The van der Waals surface area contributed by atoms with E-state index in [0.717, 1.165) is 0 Å². The van der Waals surface area contributed by atoms with Crippen molar-refractivity contribution < 1.29 is 53.0 Å². The van der Waals surface area contributed by atoms with Gasteiger partial charge < -0.3 is 52.0 Å². The van der Waals surface area contributed by atoms with E-state index in [2.05, 4.69) is 26.6 Å². The fourth-order valence-electron chi connectivity index (χ4n) is 8.27. The van der Waals surface area contributed by atoms with Crippen LogP contribution < -0.4 is 32.3 Å². The molecule has 66 heavy (non-hydrogen) atoms. The van der Waals surface area contributed by atoms with Gasteiger partial charge in [0.2, 0.25) is 47.3 Å². The number of fused-ring (bicyclic) bond motifs is 1. The van der Waals surface area contributed by atoms with Gasteiger partial charge in [-0.3, -0.25) is 38.4 Å². The number of hydrogen-bond acceptors (Lipinski definition) is 11. The number of esters is 1. The maximum Gasteiger partial charge on any atom is 0.329 e. The Kier molecular flexibility index (Phi) is 21.1. The number of likely N-dealkylation sites (N-methyl/N-ethyl adjacent to an activating group) is 1. The van der Waals surface area contributed by atoms with E-state index in [1.807, 2.05) is 20.8 Å². The maximum absolute atomic E-state index is 14.6. The number of nitrogens with two attached hydrogens (primary N) is 1. The minimum absolute atomic E-state index is 0.0593. The molecule has 2 heterocycles. The number of rotatable bonds is 16. The van der Waals surface area contributed by atoms with Crippen molar-refractivity contribution >= 4 is 53.2 Å². The Morgan fingerprint density at radius 3 is 2.09 bits per heavy atom. The molecule has 2 aliphatic heterocycles. The average molecular weight is 929 g/mol. The zero-order valence-corrected chi connectivity index (χ0v) is 40.5. The summed E-state index contributed by atoms with van der Waals surface area (Å²) < 4.78 is 5.97. The highest BCUT2D eigenvalue weighted by molar-refractivity contribution is 5.98. The first-order valence-corrected chi connectivity index (χ1v) is 23.7. The highest BCUT2D eigenvalue weighted by Gasteiger charge is 2.44. The zero-order chi connectivity index (χ0) is 49.6. The lowest BCUT2D eigenvalue weighted by molar-refractivity contribution is -0.158. The minimum atomic E-state index is -1.69. The monoisotopic (exact) mass is 929 g/mol. The first-order valence-electron chi connectivity index (χ1n) is 23.7. The van der Waals surface area contributed by atoms with Gasteiger partial charge in [-0.05, 0) is 87.7 Å². The smallest absolute Gasteiger partial charge is 0.329 e. The summed E-state index contributed by atoms with van der Waals surface area (Å²) in [6, 6.07) is -8.88. The Bertz CT molecular complexity index is 1840. The molecule has 8 unspecified atom stereocenters. The third-order valence-corrected chi connectivity index (χ3v) is 13.2. The van der Waals surface area contributed by atoms with E-state index in [1.54, 1.807) is 46.8 Å². The number of ether oxygens (including phenoxy) is 1. The summed E-state index contributed by atoms with van der Waals surface area (Å²) in [6.07, 6.45) is 5.44. The third-order valence-electron chi connectivity index (χ3n) is 13.2.